The van der Waals surface area contributed by atoms with E-state index in [9.17, 15) is 8.42 Å². The number of hydrogen-bond acceptors (Lipinski definition) is 7. The van der Waals surface area contributed by atoms with Gasteiger partial charge in [0.05, 0.1) is 18.7 Å². The van der Waals surface area contributed by atoms with Crippen molar-refractivity contribution in [3.63, 3.8) is 0 Å². The first-order valence-corrected chi connectivity index (χ1v) is 12.1. The molecule has 32 heavy (non-hydrogen) atoms. The number of nitrogens with one attached hydrogen (secondary N) is 1. The summed E-state index contributed by atoms with van der Waals surface area (Å²) in [6.07, 6.45) is 3.47. The Morgan fingerprint density at radius 2 is 1.91 bits per heavy atom. The highest BCUT2D eigenvalue weighted by atomic mass is 32.2. The second kappa shape index (κ2) is 8.96. The molecular formula is C23H25N5O3S. The third-order valence-electron chi connectivity index (χ3n) is 5.26. The number of fused-ring (bicyclic) bond motifs is 1. The lowest BCUT2D eigenvalue weighted by Crippen LogP contribution is -2.11. The Morgan fingerprint density at radius 1 is 1.09 bits per heavy atom. The maximum Gasteiger partial charge on any atom is 0.250 e. The van der Waals surface area contributed by atoms with Gasteiger partial charge in [0.1, 0.15) is 11.6 Å². The Bertz CT molecular complexity index is 1370. The molecule has 2 heterocycles. The average Bonchev–Trinajstić information content (AvgIpc) is 3.19. The molecule has 4 aromatic rings. The third-order valence-corrected chi connectivity index (χ3v) is 6.11. The Hall–Kier alpha value is -3.46. The topological polar surface area (TPSA) is 99.0 Å². The molecule has 1 N–H and O–H groups in total. The fourth-order valence-corrected chi connectivity index (χ4v) is 3.96. The first-order valence-electron chi connectivity index (χ1n) is 10.2. The highest BCUT2D eigenvalue weighted by Gasteiger charge is 2.19. The fraction of sp³-hybridized carbons (Fsp3) is 0.261. The lowest BCUT2D eigenvalue weighted by Gasteiger charge is -2.11. The van der Waals surface area contributed by atoms with E-state index in [0.29, 0.717) is 36.4 Å². The zero-order valence-corrected chi connectivity index (χ0v) is 19.1. The molecule has 166 valence electrons. The van der Waals surface area contributed by atoms with E-state index < -0.39 is 9.84 Å². The van der Waals surface area contributed by atoms with E-state index in [4.69, 9.17) is 4.74 Å². The fourth-order valence-electron chi connectivity index (χ4n) is 3.45. The van der Waals surface area contributed by atoms with Gasteiger partial charge in [-0.15, -0.1) is 0 Å². The minimum absolute atomic E-state index is 0.222. The molecule has 8 nitrogen and oxygen atoms in total. The normalized spacial score (nSPS) is 11.6. The summed E-state index contributed by atoms with van der Waals surface area (Å²) in [7, 11) is -1.96. The van der Waals surface area contributed by atoms with Gasteiger partial charge in [-0.1, -0.05) is 36.4 Å². The van der Waals surface area contributed by atoms with Crippen LogP contribution in [0.15, 0.2) is 59.9 Å². The van der Waals surface area contributed by atoms with Gasteiger partial charge >= 0.3 is 0 Å². The molecule has 0 radical (unpaired) electrons. The number of rotatable bonds is 8. The van der Waals surface area contributed by atoms with Crippen molar-refractivity contribution >= 4 is 26.7 Å². The Morgan fingerprint density at radius 3 is 2.66 bits per heavy atom. The van der Waals surface area contributed by atoms with Crippen LogP contribution in [0, 0.1) is 6.92 Å². The van der Waals surface area contributed by atoms with Crippen molar-refractivity contribution in [2.75, 3.05) is 18.7 Å². The van der Waals surface area contributed by atoms with E-state index in [1.165, 1.54) is 0 Å². The van der Waals surface area contributed by atoms with E-state index in [1.54, 1.807) is 18.0 Å². The molecule has 2 aromatic heterocycles. The van der Waals surface area contributed by atoms with Crippen LogP contribution in [0.2, 0.25) is 0 Å². The van der Waals surface area contributed by atoms with Crippen LogP contribution in [-0.2, 0) is 29.3 Å². The molecule has 9 heteroatoms. The highest BCUT2D eigenvalue weighted by Crippen LogP contribution is 2.23. The van der Waals surface area contributed by atoms with Gasteiger partial charge in [0.2, 0.25) is 9.84 Å². The number of methoxy groups -OCH3 is 1. The SMILES string of the molecule is COc1cccc(CCn2ncc3c(NCc4ccccc4C)nc(S(C)(=O)=O)nc32)c1. The molecule has 0 fully saturated rings. The molecule has 4 rings (SSSR count). The number of aromatic nitrogens is 4. The highest BCUT2D eigenvalue weighted by molar-refractivity contribution is 7.90. The molecule has 0 aliphatic carbocycles. The zero-order chi connectivity index (χ0) is 22.7. The van der Waals surface area contributed by atoms with Gasteiger partial charge in [-0.3, -0.25) is 0 Å². The van der Waals surface area contributed by atoms with Crippen LogP contribution in [0.3, 0.4) is 0 Å². The lowest BCUT2D eigenvalue weighted by atomic mass is 10.1. The van der Waals surface area contributed by atoms with Crippen molar-refractivity contribution in [1.29, 1.82) is 0 Å². The summed E-state index contributed by atoms with van der Waals surface area (Å²) in [6, 6.07) is 15.8. The maximum atomic E-state index is 12.2. The van der Waals surface area contributed by atoms with Crippen LogP contribution in [0.5, 0.6) is 5.75 Å². The number of aryl methyl sites for hydroxylation is 3. The van der Waals surface area contributed by atoms with Crippen LogP contribution < -0.4 is 10.1 Å². The number of ether oxygens (including phenoxy) is 1. The molecule has 0 unspecified atom stereocenters. The van der Waals surface area contributed by atoms with Crippen molar-refractivity contribution in [1.82, 2.24) is 19.7 Å². The quantitative estimate of drug-likeness (QED) is 0.410. The predicted octanol–water partition coefficient (Wildman–Crippen LogP) is 3.40. The number of anilines is 1. The molecule has 0 atom stereocenters. The molecule has 2 aromatic carbocycles. The van der Waals surface area contributed by atoms with Gasteiger partial charge in [0.25, 0.3) is 5.16 Å². The van der Waals surface area contributed by atoms with E-state index in [0.717, 1.165) is 28.7 Å². The summed E-state index contributed by atoms with van der Waals surface area (Å²) in [5.41, 5.74) is 3.81. The number of sulfone groups is 1. The van der Waals surface area contributed by atoms with Crippen LogP contribution in [0.25, 0.3) is 11.0 Å². The van der Waals surface area contributed by atoms with Crippen molar-refractivity contribution in [2.45, 2.75) is 31.6 Å². The summed E-state index contributed by atoms with van der Waals surface area (Å²) in [5, 5.41) is 8.19. The van der Waals surface area contributed by atoms with E-state index in [2.05, 4.69) is 20.4 Å². The van der Waals surface area contributed by atoms with Crippen molar-refractivity contribution in [3.05, 3.63) is 71.4 Å². The van der Waals surface area contributed by atoms with E-state index >= 15 is 0 Å². The van der Waals surface area contributed by atoms with Gasteiger partial charge in [0.15, 0.2) is 5.65 Å². The molecule has 0 amide bonds. The third kappa shape index (κ3) is 4.72. The van der Waals surface area contributed by atoms with Gasteiger partial charge in [-0.2, -0.15) is 10.1 Å². The van der Waals surface area contributed by atoms with E-state index in [1.807, 2.05) is 55.5 Å². The molecule has 0 saturated heterocycles. The van der Waals surface area contributed by atoms with Crippen LogP contribution >= 0.6 is 0 Å². The minimum atomic E-state index is -3.60. The standard InChI is InChI=1S/C23H25N5O3S/c1-16-7-4-5-9-18(16)14-24-21-20-15-25-28(22(20)27-23(26-21)32(3,29)30)12-11-17-8-6-10-19(13-17)31-2/h4-10,13,15H,11-12,14H2,1-3H3,(H,24,26,27). The van der Waals surface area contributed by atoms with Crippen molar-refractivity contribution < 1.29 is 13.2 Å². The summed E-state index contributed by atoms with van der Waals surface area (Å²) >= 11 is 0. The zero-order valence-electron chi connectivity index (χ0n) is 18.2. The summed E-state index contributed by atoms with van der Waals surface area (Å²) in [6.45, 7) is 3.08. The number of hydrogen-bond donors (Lipinski definition) is 1. The smallest absolute Gasteiger partial charge is 0.250 e. The molecular weight excluding hydrogens is 426 g/mol. The van der Waals surface area contributed by atoms with Crippen molar-refractivity contribution in [2.24, 2.45) is 0 Å². The largest absolute Gasteiger partial charge is 0.497 e. The van der Waals surface area contributed by atoms with Gasteiger partial charge in [-0.05, 0) is 42.2 Å². The molecule has 0 spiro atoms. The summed E-state index contributed by atoms with van der Waals surface area (Å²) in [4.78, 5) is 8.61. The molecule has 0 aliphatic heterocycles. The van der Waals surface area contributed by atoms with Gasteiger partial charge < -0.3 is 10.1 Å². The predicted molar refractivity (Wildman–Crippen MR) is 124 cm³/mol. The van der Waals surface area contributed by atoms with Gasteiger partial charge in [-0.25, -0.2) is 18.1 Å². The first-order chi connectivity index (χ1) is 15.3. The first kappa shape index (κ1) is 21.8. The van der Waals surface area contributed by atoms with Gasteiger partial charge in [0, 0.05) is 19.3 Å². The van der Waals surface area contributed by atoms with Crippen LogP contribution in [0.4, 0.5) is 5.82 Å². The number of benzene rings is 2. The minimum Gasteiger partial charge on any atom is -0.497 e. The van der Waals surface area contributed by atoms with Crippen LogP contribution in [-0.4, -0.2) is 41.5 Å². The molecule has 0 bridgehead atoms. The Balaban J connectivity index is 1.66. The summed E-state index contributed by atoms with van der Waals surface area (Å²) < 4.78 is 31.5. The Kier molecular flexibility index (Phi) is 6.09. The Labute approximate surface area is 187 Å². The van der Waals surface area contributed by atoms with Crippen molar-refractivity contribution in [3.8, 4) is 5.75 Å². The second-order valence-corrected chi connectivity index (χ2v) is 9.52. The molecule has 0 saturated carbocycles. The molecule has 0 aliphatic rings. The summed E-state index contributed by atoms with van der Waals surface area (Å²) in [5.74, 6) is 1.24. The maximum absolute atomic E-state index is 12.2. The number of nitrogens with zero attached hydrogens (tertiary/aromatic N) is 4. The monoisotopic (exact) mass is 451 g/mol. The lowest BCUT2D eigenvalue weighted by molar-refractivity contribution is 0.414. The average molecular weight is 452 g/mol. The van der Waals surface area contributed by atoms with E-state index in [-0.39, 0.29) is 5.16 Å². The van der Waals surface area contributed by atoms with Crippen LogP contribution in [0.1, 0.15) is 16.7 Å². The second-order valence-electron chi connectivity index (χ2n) is 7.61.